The van der Waals surface area contributed by atoms with Gasteiger partial charge in [0.1, 0.15) is 11.6 Å². The second-order valence-electron chi connectivity index (χ2n) is 9.28. The van der Waals surface area contributed by atoms with E-state index in [1.807, 2.05) is 19.4 Å². The van der Waals surface area contributed by atoms with Gasteiger partial charge in [0.2, 0.25) is 0 Å². The Morgan fingerprint density at radius 2 is 1.47 bits per heavy atom. The molecule has 5 rings (SSSR count). The van der Waals surface area contributed by atoms with Gasteiger partial charge in [-0.1, -0.05) is 48.5 Å². The van der Waals surface area contributed by atoms with Crippen LogP contribution in [0, 0.1) is 0 Å². The number of benzene rings is 2. The molecule has 34 heavy (non-hydrogen) atoms. The van der Waals surface area contributed by atoms with Crippen LogP contribution in [0.15, 0.2) is 60.9 Å². The first-order valence-corrected chi connectivity index (χ1v) is 12.4. The third-order valence-corrected chi connectivity index (χ3v) is 6.88. The lowest BCUT2D eigenvalue weighted by molar-refractivity contribution is 0.307. The molecule has 0 spiro atoms. The minimum absolute atomic E-state index is 0.413. The number of unbranched alkanes of at least 4 members (excludes halogenated alkanes) is 1. The number of imidazole rings is 2. The summed E-state index contributed by atoms with van der Waals surface area (Å²) in [6.45, 7) is 2.20. The number of nitrogens with one attached hydrogen (secondary N) is 3. The van der Waals surface area contributed by atoms with Gasteiger partial charge >= 0.3 is 0 Å². The van der Waals surface area contributed by atoms with Gasteiger partial charge < -0.3 is 15.3 Å². The molecule has 0 bridgehead atoms. The van der Waals surface area contributed by atoms with E-state index in [4.69, 9.17) is 0 Å². The summed E-state index contributed by atoms with van der Waals surface area (Å²) in [4.78, 5) is 18.6. The van der Waals surface area contributed by atoms with Crippen molar-refractivity contribution in [3.8, 4) is 33.6 Å². The predicted octanol–water partition coefficient (Wildman–Crippen LogP) is 5.44. The summed E-state index contributed by atoms with van der Waals surface area (Å²) in [5.74, 6) is 2.14. The molecule has 6 nitrogen and oxygen atoms in total. The number of likely N-dealkylation sites (tertiary alicyclic amines) is 1. The van der Waals surface area contributed by atoms with E-state index in [1.54, 1.807) is 0 Å². The highest BCUT2D eigenvalue weighted by Gasteiger charge is 2.25. The van der Waals surface area contributed by atoms with E-state index in [0.717, 1.165) is 54.5 Å². The molecule has 0 saturated carbocycles. The lowest BCUT2D eigenvalue weighted by atomic mass is 10.0. The first-order chi connectivity index (χ1) is 16.7. The normalized spacial score (nSPS) is 16.4. The van der Waals surface area contributed by atoms with Crippen LogP contribution in [0.2, 0.25) is 0 Å². The summed E-state index contributed by atoms with van der Waals surface area (Å²) in [6, 6.07) is 17.8. The smallest absolute Gasteiger partial charge is 0.123 e. The standard InChI is InChI=1S/C28H34N6/c1-29-16-4-3-7-27-30-18-24(32-27)22-12-8-20(9-13-22)21-10-14-23(15-11-21)25-19-31-28(33-25)26-6-5-17-34(26)2/h8-15,18-19,26,29H,3-7,16-17H2,1-2H3,(H,30,32)(H,31,33). The number of aromatic nitrogens is 4. The van der Waals surface area contributed by atoms with E-state index < -0.39 is 0 Å². The van der Waals surface area contributed by atoms with E-state index in [2.05, 4.69) is 85.7 Å². The average Bonchev–Trinajstić information content (AvgIpc) is 3.63. The highest BCUT2D eigenvalue weighted by molar-refractivity contribution is 5.71. The highest BCUT2D eigenvalue weighted by Crippen LogP contribution is 2.31. The Kier molecular flexibility index (Phi) is 6.88. The number of hydrogen-bond acceptors (Lipinski definition) is 4. The lowest BCUT2D eigenvalue weighted by Gasteiger charge is -2.16. The van der Waals surface area contributed by atoms with Crippen molar-refractivity contribution in [3.05, 3.63) is 72.6 Å². The summed E-state index contributed by atoms with van der Waals surface area (Å²) in [5, 5.41) is 3.19. The first kappa shape index (κ1) is 22.6. The molecule has 1 aliphatic rings. The molecule has 176 valence electrons. The van der Waals surface area contributed by atoms with Crippen LogP contribution >= 0.6 is 0 Å². The summed E-state index contributed by atoms with van der Waals surface area (Å²) in [5.41, 5.74) is 6.91. The number of nitrogens with zero attached hydrogens (tertiary/aromatic N) is 3. The molecule has 0 radical (unpaired) electrons. The SMILES string of the molecule is CNCCCCc1ncc(-c2ccc(-c3ccc(-c4cnc(C5CCCN5C)[nH]4)cc3)cc2)[nH]1. The molecule has 3 heterocycles. The minimum Gasteiger partial charge on any atom is -0.342 e. The minimum atomic E-state index is 0.413. The fourth-order valence-corrected chi connectivity index (χ4v) is 4.82. The Labute approximate surface area is 201 Å². The van der Waals surface area contributed by atoms with E-state index in [9.17, 15) is 0 Å². The molecule has 1 aliphatic heterocycles. The van der Waals surface area contributed by atoms with E-state index in [1.165, 1.54) is 36.0 Å². The van der Waals surface area contributed by atoms with Gasteiger partial charge in [-0.3, -0.25) is 4.90 Å². The molecule has 0 amide bonds. The predicted molar refractivity (Wildman–Crippen MR) is 139 cm³/mol. The summed E-state index contributed by atoms with van der Waals surface area (Å²) in [6.07, 6.45) is 9.61. The second-order valence-corrected chi connectivity index (χ2v) is 9.28. The first-order valence-electron chi connectivity index (χ1n) is 12.4. The lowest BCUT2D eigenvalue weighted by Crippen LogP contribution is -2.18. The van der Waals surface area contributed by atoms with Crippen LogP contribution in [0.4, 0.5) is 0 Å². The number of aromatic amines is 2. The molecule has 3 N–H and O–H groups in total. The zero-order valence-electron chi connectivity index (χ0n) is 20.1. The van der Waals surface area contributed by atoms with Crippen molar-refractivity contribution in [2.75, 3.05) is 27.2 Å². The zero-order chi connectivity index (χ0) is 23.3. The van der Waals surface area contributed by atoms with Gasteiger partial charge in [-0.2, -0.15) is 0 Å². The highest BCUT2D eigenvalue weighted by atomic mass is 15.2. The van der Waals surface area contributed by atoms with Gasteiger partial charge in [-0.25, -0.2) is 9.97 Å². The van der Waals surface area contributed by atoms with E-state index in [0.29, 0.717) is 6.04 Å². The monoisotopic (exact) mass is 454 g/mol. The Bertz CT molecular complexity index is 1190. The Morgan fingerprint density at radius 3 is 2.09 bits per heavy atom. The molecule has 2 aromatic heterocycles. The molecule has 1 atom stereocenters. The third kappa shape index (κ3) is 4.98. The van der Waals surface area contributed by atoms with Crippen LogP contribution in [0.25, 0.3) is 33.6 Å². The summed E-state index contributed by atoms with van der Waals surface area (Å²) < 4.78 is 0. The van der Waals surface area contributed by atoms with Crippen molar-refractivity contribution in [1.82, 2.24) is 30.2 Å². The van der Waals surface area contributed by atoms with Crippen LogP contribution in [-0.2, 0) is 6.42 Å². The molecular weight excluding hydrogens is 420 g/mol. The fourth-order valence-electron chi connectivity index (χ4n) is 4.82. The van der Waals surface area contributed by atoms with Crippen molar-refractivity contribution in [2.24, 2.45) is 0 Å². The molecule has 1 fully saturated rings. The van der Waals surface area contributed by atoms with Gasteiger partial charge in [-0.15, -0.1) is 0 Å². The number of H-pyrrole nitrogens is 2. The molecule has 1 saturated heterocycles. The topological polar surface area (TPSA) is 72.6 Å². The number of hydrogen-bond donors (Lipinski definition) is 3. The Hall–Kier alpha value is -3.22. The van der Waals surface area contributed by atoms with Gasteiger partial charge in [0.05, 0.1) is 29.8 Å². The maximum atomic E-state index is 4.66. The molecule has 4 aromatic rings. The van der Waals surface area contributed by atoms with Crippen LogP contribution in [0.3, 0.4) is 0 Å². The van der Waals surface area contributed by atoms with Crippen molar-refractivity contribution in [2.45, 2.75) is 38.1 Å². The summed E-state index contributed by atoms with van der Waals surface area (Å²) >= 11 is 0. The van der Waals surface area contributed by atoms with E-state index >= 15 is 0 Å². The maximum Gasteiger partial charge on any atom is 0.123 e. The Morgan fingerprint density at radius 1 is 0.853 bits per heavy atom. The molecule has 6 heteroatoms. The Balaban J connectivity index is 1.24. The number of rotatable bonds is 9. The quantitative estimate of drug-likeness (QED) is 0.294. The van der Waals surface area contributed by atoms with Gasteiger partial charge in [0.25, 0.3) is 0 Å². The van der Waals surface area contributed by atoms with Crippen LogP contribution in [0.1, 0.15) is 43.4 Å². The summed E-state index contributed by atoms with van der Waals surface area (Å²) in [7, 11) is 4.17. The van der Waals surface area contributed by atoms with Crippen molar-refractivity contribution >= 4 is 0 Å². The zero-order valence-corrected chi connectivity index (χ0v) is 20.1. The van der Waals surface area contributed by atoms with Crippen molar-refractivity contribution in [1.29, 1.82) is 0 Å². The molecular formula is C28H34N6. The van der Waals surface area contributed by atoms with Crippen LogP contribution in [0.5, 0.6) is 0 Å². The van der Waals surface area contributed by atoms with Gasteiger partial charge in [0, 0.05) is 6.42 Å². The van der Waals surface area contributed by atoms with Gasteiger partial charge in [-0.05, 0) is 75.1 Å². The van der Waals surface area contributed by atoms with Crippen LogP contribution in [-0.4, -0.2) is 52.0 Å². The molecule has 2 aromatic carbocycles. The van der Waals surface area contributed by atoms with Crippen molar-refractivity contribution < 1.29 is 0 Å². The largest absolute Gasteiger partial charge is 0.342 e. The number of aryl methyl sites for hydroxylation is 1. The second kappa shape index (κ2) is 10.4. The fraction of sp³-hybridized carbons (Fsp3) is 0.357. The van der Waals surface area contributed by atoms with Gasteiger partial charge in [0.15, 0.2) is 0 Å². The molecule has 1 unspecified atom stereocenters. The molecule has 0 aliphatic carbocycles. The maximum absolute atomic E-state index is 4.66. The average molecular weight is 455 g/mol. The van der Waals surface area contributed by atoms with E-state index in [-0.39, 0.29) is 0 Å². The third-order valence-electron chi connectivity index (χ3n) is 6.88. The van der Waals surface area contributed by atoms with Crippen LogP contribution < -0.4 is 5.32 Å². The van der Waals surface area contributed by atoms with Crippen molar-refractivity contribution in [3.63, 3.8) is 0 Å².